The number of carbonyl (C=O) groups is 2. The van der Waals surface area contributed by atoms with Gasteiger partial charge in [0, 0.05) is 6.04 Å². The van der Waals surface area contributed by atoms with Gasteiger partial charge in [0.05, 0.1) is 5.54 Å². The van der Waals surface area contributed by atoms with Gasteiger partial charge in [-0.05, 0) is 39.0 Å². The first-order valence-corrected chi connectivity index (χ1v) is 7.17. The second-order valence-electron chi connectivity index (χ2n) is 6.31. The maximum atomic E-state index is 12.4. The van der Waals surface area contributed by atoms with Crippen molar-refractivity contribution in [2.75, 3.05) is 0 Å². The SMILES string of the molecule is C#CC(C)(C)NC(=O)N1C(C(=O)O)CC2CCCCC21. The number of carboxylic acids is 1. The number of nitrogens with zero attached hydrogens (tertiary/aromatic N) is 1. The van der Waals surface area contributed by atoms with E-state index in [2.05, 4.69) is 11.2 Å². The minimum atomic E-state index is -0.923. The molecular weight excluding hydrogens is 256 g/mol. The Bertz CT molecular complexity index is 453. The number of carboxylic acid groups (broad SMARTS) is 1. The molecule has 0 aromatic heterocycles. The molecular formula is C15H22N2O3. The highest BCUT2D eigenvalue weighted by Gasteiger charge is 2.48. The Morgan fingerprint density at radius 1 is 1.35 bits per heavy atom. The number of aliphatic carboxylic acids is 1. The molecule has 1 heterocycles. The molecule has 2 amide bonds. The van der Waals surface area contributed by atoms with E-state index in [9.17, 15) is 14.7 Å². The van der Waals surface area contributed by atoms with Crippen LogP contribution in [0.3, 0.4) is 0 Å². The molecule has 0 spiro atoms. The highest BCUT2D eigenvalue weighted by molar-refractivity contribution is 5.84. The van der Waals surface area contributed by atoms with Gasteiger partial charge in [0.15, 0.2) is 0 Å². The lowest BCUT2D eigenvalue weighted by Gasteiger charge is -2.34. The van der Waals surface area contributed by atoms with Crippen LogP contribution in [0.25, 0.3) is 0 Å². The molecule has 2 fully saturated rings. The van der Waals surface area contributed by atoms with Crippen LogP contribution in [-0.2, 0) is 4.79 Å². The predicted octanol–water partition coefficient (Wildman–Crippen LogP) is 1.83. The van der Waals surface area contributed by atoms with Crippen LogP contribution in [0.1, 0.15) is 46.0 Å². The summed E-state index contributed by atoms with van der Waals surface area (Å²) in [7, 11) is 0. The zero-order valence-corrected chi connectivity index (χ0v) is 12.1. The van der Waals surface area contributed by atoms with Crippen molar-refractivity contribution in [2.45, 2.75) is 63.6 Å². The van der Waals surface area contributed by atoms with E-state index in [1.54, 1.807) is 13.8 Å². The minimum Gasteiger partial charge on any atom is -0.480 e. The predicted molar refractivity (Wildman–Crippen MR) is 75.1 cm³/mol. The van der Waals surface area contributed by atoms with Gasteiger partial charge in [-0.3, -0.25) is 0 Å². The number of hydrogen-bond acceptors (Lipinski definition) is 2. The van der Waals surface area contributed by atoms with Gasteiger partial charge in [-0.2, -0.15) is 0 Å². The van der Waals surface area contributed by atoms with Crippen molar-refractivity contribution < 1.29 is 14.7 Å². The molecule has 0 radical (unpaired) electrons. The number of fused-ring (bicyclic) bond motifs is 1. The fourth-order valence-electron chi connectivity index (χ4n) is 3.34. The monoisotopic (exact) mass is 278 g/mol. The fraction of sp³-hybridized carbons (Fsp3) is 0.733. The van der Waals surface area contributed by atoms with Gasteiger partial charge in [-0.1, -0.05) is 18.8 Å². The zero-order chi connectivity index (χ0) is 14.9. The third kappa shape index (κ3) is 2.74. The van der Waals surface area contributed by atoms with Gasteiger partial charge in [0.25, 0.3) is 0 Å². The lowest BCUT2D eigenvalue weighted by Crippen LogP contribution is -2.55. The molecule has 5 nitrogen and oxygen atoms in total. The third-order valence-corrected chi connectivity index (χ3v) is 4.39. The fourth-order valence-corrected chi connectivity index (χ4v) is 3.34. The molecule has 3 unspecified atom stereocenters. The molecule has 0 bridgehead atoms. The van der Waals surface area contributed by atoms with E-state index in [4.69, 9.17) is 6.42 Å². The molecule has 2 rings (SSSR count). The van der Waals surface area contributed by atoms with Crippen molar-refractivity contribution in [3.05, 3.63) is 0 Å². The van der Waals surface area contributed by atoms with E-state index >= 15 is 0 Å². The van der Waals surface area contributed by atoms with Crippen LogP contribution in [0.2, 0.25) is 0 Å². The van der Waals surface area contributed by atoms with Gasteiger partial charge in [-0.15, -0.1) is 6.42 Å². The Balaban J connectivity index is 2.19. The van der Waals surface area contributed by atoms with E-state index < -0.39 is 17.6 Å². The average molecular weight is 278 g/mol. The van der Waals surface area contributed by atoms with E-state index in [0.29, 0.717) is 12.3 Å². The summed E-state index contributed by atoms with van der Waals surface area (Å²) in [5, 5.41) is 12.1. The molecule has 3 atom stereocenters. The highest BCUT2D eigenvalue weighted by Crippen LogP contribution is 2.39. The number of likely N-dealkylation sites (tertiary alicyclic amines) is 1. The van der Waals surface area contributed by atoms with Crippen LogP contribution in [0.4, 0.5) is 4.79 Å². The van der Waals surface area contributed by atoms with Crippen molar-refractivity contribution in [1.82, 2.24) is 10.2 Å². The third-order valence-electron chi connectivity index (χ3n) is 4.39. The van der Waals surface area contributed by atoms with Crippen molar-refractivity contribution in [3.63, 3.8) is 0 Å². The van der Waals surface area contributed by atoms with Gasteiger partial charge in [-0.25, -0.2) is 9.59 Å². The van der Waals surface area contributed by atoms with Crippen molar-refractivity contribution in [1.29, 1.82) is 0 Å². The molecule has 2 N–H and O–H groups in total. The maximum Gasteiger partial charge on any atom is 0.326 e. The lowest BCUT2D eigenvalue weighted by molar-refractivity contribution is -0.141. The Morgan fingerprint density at radius 2 is 2.00 bits per heavy atom. The van der Waals surface area contributed by atoms with Crippen LogP contribution >= 0.6 is 0 Å². The summed E-state index contributed by atoms with van der Waals surface area (Å²) in [5.74, 6) is 1.89. The standard InChI is InChI=1S/C15H22N2O3/c1-4-15(2,3)16-14(20)17-11-8-6-5-7-10(11)9-12(17)13(18)19/h1,10-12H,5-9H2,2-3H3,(H,16,20)(H,18,19). The summed E-state index contributed by atoms with van der Waals surface area (Å²) in [6.07, 6.45) is 10.0. The number of carbonyl (C=O) groups excluding carboxylic acids is 1. The molecule has 1 aliphatic heterocycles. The zero-order valence-electron chi connectivity index (χ0n) is 12.1. The Kier molecular flexibility index (Phi) is 3.94. The van der Waals surface area contributed by atoms with Crippen LogP contribution in [0, 0.1) is 18.3 Å². The first-order chi connectivity index (χ1) is 9.35. The largest absolute Gasteiger partial charge is 0.480 e. The first kappa shape index (κ1) is 14.7. The minimum absolute atomic E-state index is 0.0402. The van der Waals surface area contributed by atoms with Crippen LogP contribution in [0.5, 0.6) is 0 Å². The van der Waals surface area contributed by atoms with E-state index in [1.807, 2.05) is 0 Å². The molecule has 1 aliphatic carbocycles. The number of nitrogens with one attached hydrogen (secondary N) is 1. The van der Waals surface area contributed by atoms with Crippen molar-refractivity contribution >= 4 is 12.0 Å². The summed E-state index contributed by atoms with van der Waals surface area (Å²) in [4.78, 5) is 25.4. The molecule has 1 saturated heterocycles. The van der Waals surface area contributed by atoms with Crippen molar-refractivity contribution in [3.8, 4) is 12.3 Å². The maximum absolute atomic E-state index is 12.4. The van der Waals surface area contributed by atoms with Gasteiger partial charge < -0.3 is 15.3 Å². The van der Waals surface area contributed by atoms with Crippen LogP contribution in [0.15, 0.2) is 0 Å². The topological polar surface area (TPSA) is 69.6 Å². The van der Waals surface area contributed by atoms with Gasteiger partial charge >= 0.3 is 12.0 Å². The van der Waals surface area contributed by atoms with Crippen LogP contribution in [-0.4, -0.2) is 39.6 Å². The normalized spacial score (nSPS) is 29.4. The quantitative estimate of drug-likeness (QED) is 0.757. The number of terminal acetylenes is 1. The number of hydrogen-bond donors (Lipinski definition) is 2. The van der Waals surface area contributed by atoms with Gasteiger partial charge in [0.2, 0.25) is 0 Å². The Labute approximate surface area is 119 Å². The first-order valence-electron chi connectivity index (χ1n) is 7.17. The average Bonchev–Trinajstić information content (AvgIpc) is 2.77. The Morgan fingerprint density at radius 3 is 2.60 bits per heavy atom. The molecule has 0 aromatic rings. The second-order valence-corrected chi connectivity index (χ2v) is 6.31. The molecule has 2 aliphatic rings. The molecule has 110 valence electrons. The summed E-state index contributed by atoms with van der Waals surface area (Å²) in [6.45, 7) is 3.46. The molecule has 5 heteroatoms. The van der Waals surface area contributed by atoms with Crippen molar-refractivity contribution in [2.24, 2.45) is 5.92 Å². The van der Waals surface area contributed by atoms with E-state index in [1.165, 1.54) is 4.90 Å². The smallest absolute Gasteiger partial charge is 0.326 e. The van der Waals surface area contributed by atoms with Crippen LogP contribution < -0.4 is 5.32 Å². The summed E-state index contributed by atoms with van der Waals surface area (Å²) in [5.41, 5.74) is -0.771. The summed E-state index contributed by atoms with van der Waals surface area (Å²) >= 11 is 0. The number of rotatable bonds is 2. The Hall–Kier alpha value is -1.70. The lowest BCUT2D eigenvalue weighted by atomic mass is 9.85. The number of amides is 2. The molecule has 20 heavy (non-hydrogen) atoms. The molecule has 1 saturated carbocycles. The summed E-state index contributed by atoms with van der Waals surface area (Å²) in [6, 6.07) is -1.04. The highest BCUT2D eigenvalue weighted by atomic mass is 16.4. The van der Waals surface area contributed by atoms with Gasteiger partial charge in [0.1, 0.15) is 6.04 Å². The second kappa shape index (κ2) is 5.35. The van der Waals surface area contributed by atoms with E-state index in [-0.39, 0.29) is 12.1 Å². The number of urea groups is 1. The van der Waals surface area contributed by atoms with E-state index in [0.717, 1.165) is 25.7 Å². The summed E-state index contributed by atoms with van der Waals surface area (Å²) < 4.78 is 0. The molecule has 0 aromatic carbocycles.